The van der Waals surface area contributed by atoms with E-state index in [2.05, 4.69) is 4.99 Å². The lowest BCUT2D eigenvalue weighted by atomic mass is 9.85. The Bertz CT molecular complexity index is 1260. The number of fused-ring (bicyclic) bond motifs is 1. The van der Waals surface area contributed by atoms with E-state index in [-0.39, 0.29) is 23.1 Å². The number of nitrogens with zero attached hydrogens (tertiary/aromatic N) is 2. The number of hydrogen-bond acceptors (Lipinski definition) is 4. The highest BCUT2D eigenvalue weighted by Crippen LogP contribution is 2.40. The fourth-order valence-corrected chi connectivity index (χ4v) is 6.44. The van der Waals surface area contributed by atoms with Crippen molar-refractivity contribution < 1.29 is 30.8 Å². The van der Waals surface area contributed by atoms with Gasteiger partial charge in [0.05, 0.1) is 20.9 Å². The van der Waals surface area contributed by atoms with Gasteiger partial charge in [-0.2, -0.15) is 13.2 Å². The van der Waals surface area contributed by atoms with Crippen molar-refractivity contribution in [2.45, 2.75) is 48.9 Å². The molecule has 1 saturated heterocycles. The summed E-state index contributed by atoms with van der Waals surface area (Å²) in [5.74, 6) is -1.02. The zero-order valence-electron chi connectivity index (χ0n) is 18.7. The first kappa shape index (κ1) is 24.4. The fraction of sp³-hybridized carbons (Fsp3) is 0.417. The SMILES string of the molecule is CC(C)(C1CCN(C(=O)C2=Nc3ccc(F)cc3C2)CC1)S(=O)(=O)c1cccc(C(F)(F)F)c1. The number of carbonyl (C=O) groups is 1. The molecule has 34 heavy (non-hydrogen) atoms. The molecule has 0 unspecified atom stereocenters. The highest BCUT2D eigenvalue weighted by atomic mass is 32.2. The number of amides is 1. The first-order valence-electron chi connectivity index (χ1n) is 10.9. The number of sulfone groups is 1. The number of piperidine rings is 1. The maximum absolute atomic E-state index is 13.4. The van der Waals surface area contributed by atoms with Gasteiger partial charge in [-0.25, -0.2) is 17.8 Å². The summed E-state index contributed by atoms with van der Waals surface area (Å²) in [5, 5.41) is 0. The maximum Gasteiger partial charge on any atom is 0.416 e. The van der Waals surface area contributed by atoms with E-state index >= 15 is 0 Å². The van der Waals surface area contributed by atoms with Gasteiger partial charge < -0.3 is 4.90 Å². The van der Waals surface area contributed by atoms with Crippen LogP contribution in [0.2, 0.25) is 0 Å². The van der Waals surface area contributed by atoms with E-state index in [1.807, 2.05) is 0 Å². The lowest BCUT2D eigenvalue weighted by Gasteiger charge is -2.40. The molecule has 1 fully saturated rings. The second-order valence-electron chi connectivity index (χ2n) is 9.21. The van der Waals surface area contributed by atoms with Crippen molar-refractivity contribution in [1.29, 1.82) is 0 Å². The molecule has 2 aromatic rings. The number of aliphatic imine (C=N–C) groups is 1. The summed E-state index contributed by atoms with van der Waals surface area (Å²) < 4.78 is 78.0. The number of benzene rings is 2. The van der Waals surface area contributed by atoms with Gasteiger partial charge in [0.1, 0.15) is 11.5 Å². The van der Waals surface area contributed by atoms with Gasteiger partial charge in [-0.05, 0) is 74.6 Å². The molecule has 2 aliphatic rings. The minimum Gasteiger partial charge on any atom is -0.338 e. The number of carbonyl (C=O) groups excluding carboxylic acids is 1. The zero-order valence-corrected chi connectivity index (χ0v) is 19.5. The summed E-state index contributed by atoms with van der Waals surface area (Å²) in [5.41, 5.74) is 0.511. The van der Waals surface area contributed by atoms with Crippen LogP contribution in [0.3, 0.4) is 0 Å². The van der Waals surface area contributed by atoms with Gasteiger partial charge >= 0.3 is 6.18 Å². The zero-order chi connectivity index (χ0) is 24.9. The van der Waals surface area contributed by atoms with Gasteiger partial charge in [0.25, 0.3) is 5.91 Å². The highest BCUT2D eigenvalue weighted by molar-refractivity contribution is 7.92. The lowest BCUT2D eigenvalue weighted by molar-refractivity contribution is -0.137. The summed E-state index contributed by atoms with van der Waals surface area (Å²) >= 11 is 0. The second kappa shape index (κ2) is 8.48. The maximum atomic E-state index is 13.4. The molecule has 2 aromatic carbocycles. The molecule has 1 amide bonds. The van der Waals surface area contributed by atoms with Gasteiger partial charge in [0.2, 0.25) is 0 Å². The van der Waals surface area contributed by atoms with Crippen LogP contribution in [-0.2, 0) is 27.2 Å². The van der Waals surface area contributed by atoms with Crippen LogP contribution in [-0.4, -0.2) is 42.8 Å². The summed E-state index contributed by atoms with van der Waals surface area (Å²) in [6.07, 6.45) is -3.64. The summed E-state index contributed by atoms with van der Waals surface area (Å²) in [4.78, 5) is 18.5. The van der Waals surface area contributed by atoms with E-state index in [1.54, 1.807) is 4.90 Å². The van der Waals surface area contributed by atoms with Gasteiger partial charge in [-0.3, -0.25) is 4.79 Å². The van der Waals surface area contributed by atoms with Crippen LogP contribution in [0.15, 0.2) is 52.4 Å². The molecule has 2 aliphatic heterocycles. The number of halogens is 4. The van der Waals surface area contributed by atoms with Crippen LogP contribution >= 0.6 is 0 Å². The first-order valence-corrected chi connectivity index (χ1v) is 12.4. The van der Waals surface area contributed by atoms with Gasteiger partial charge in [0, 0.05) is 19.5 Å². The minimum absolute atomic E-state index is 0.237. The summed E-state index contributed by atoms with van der Waals surface area (Å²) in [7, 11) is -4.08. The van der Waals surface area contributed by atoms with Crippen molar-refractivity contribution in [1.82, 2.24) is 4.90 Å². The number of hydrogen-bond donors (Lipinski definition) is 0. The van der Waals surface area contributed by atoms with E-state index < -0.39 is 32.1 Å². The molecule has 2 heterocycles. The third-order valence-electron chi connectivity index (χ3n) is 6.83. The minimum atomic E-state index is -4.64. The summed E-state index contributed by atoms with van der Waals surface area (Å²) in [6.45, 7) is 3.65. The smallest absolute Gasteiger partial charge is 0.338 e. The molecule has 5 nitrogen and oxygen atoms in total. The van der Waals surface area contributed by atoms with Gasteiger partial charge in [-0.1, -0.05) is 6.07 Å². The van der Waals surface area contributed by atoms with Crippen molar-refractivity contribution in [3.05, 3.63) is 59.4 Å². The number of rotatable bonds is 4. The fourth-order valence-electron chi connectivity index (χ4n) is 4.62. The average molecular weight is 497 g/mol. The van der Waals surface area contributed by atoms with E-state index in [1.165, 1.54) is 38.1 Å². The third-order valence-corrected chi connectivity index (χ3v) is 9.42. The average Bonchev–Trinajstić information content (AvgIpc) is 3.21. The topological polar surface area (TPSA) is 66.8 Å². The Morgan fingerprint density at radius 3 is 2.38 bits per heavy atom. The summed E-state index contributed by atoms with van der Waals surface area (Å²) in [6, 6.07) is 7.96. The largest absolute Gasteiger partial charge is 0.416 e. The standard InChI is InChI=1S/C24H24F4N2O3S/c1-23(2,34(32,33)19-5-3-4-17(14-19)24(26,27)28)16-8-10-30(11-9-16)22(31)21-13-15-12-18(25)6-7-20(15)29-21/h3-7,12,14,16H,8-11,13H2,1-2H3. The predicted octanol–water partition coefficient (Wildman–Crippen LogP) is 4.96. The molecule has 0 spiro atoms. The van der Waals surface area contributed by atoms with Crippen molar-refractivity contribution in [3.8, 4) is 0 Å². The Morgan fingerprint density at radius 1 is 1.06 bits per heavy atom. The molecule has 4 rings (SSSR count). The molecule has 0 aliphatic carbocycles. The molecule has 0 atom stereocenters. The molecule has 182 valence electrons. The number of alkyl halides is 3. The van der Waals surface area contributed by atoms with Crippen LogP contribution in [0.25, 0.3) is 0 Å². The van der Waals surface area contributed by atoms with E-state index in [0.717, 1.165) is 12.1 Å². The highest BCUT2D eigenvalue weighted by Gasteiger charge is 2.45. The van der Waals surface area contributed by atoms with Gasteiger partial charge in [-0.15, -0.1) is 0 Å². The first-order chi connectivity index (χ1) is 15.8. The normalized spacial score (nSPS) is 17.5. The lowest BCUT2D eigenvalue weighted by Crippen LogP contribution is -2.49. The Morgan fingerprint density at radius 2 is 1.74 bits per heavy atom. The second-order valence-corrected chi connectivity index (χ2v) is 11.7. The molecule has 10 heteroatoms. The third kappa shape index (κ3) is 4.35. The molecule has 0 bridgehead atoms. The van der Waals surface area contributed by atoms with Crippen molar-refractivity contribution >= 4 is 27.1 Å². The van der Waals surface area contributed by atoms with E-state index in [9.17, 15) is 30.8 Å². The van der Waals surface area contributed by atoms with Gasteiger partial charge in [0.15, 0.2) is 9.84 Å². The van der Waals surface area contributed by atoms with Crippen molar-refractivity contribution in [2.75, 3.05) is 13.1 Å². The molecule has 0 saturated carbocycles. The Balaban J connectivity index is 1.46. The quantitative estimate of drug-likeness (QED) is 0.562. The van der Waals surface area contributed by atoms with Crippen LogP contribution in [0, 0.1) is 11.7 Å². The number of likely N-dealkylation sites (tertiary alicyclic amines) is 1. The monoisotopic (exact) mass is 496 g/mol. The molecular weight excluding hydrogens is 472 g/mol. The van der Waals surface area contributed by atoms with Crippen LogP contribution < -0.4 is 0 Å². The molecular formula is C24H24F4N2O3S. The Labute approximate surface area is 195 Å². The molecule has 0 N–H and O–H groups in total. The Kier molecular flexibility index (Phi) is 6.08. The van der Waals surface area contributed by atoms with Crippen LogP contribution in [0.1, 0.15) is 37.8 Å². The van der Waals surface area contributed by atoms with Crippen molar-refractivity contribution in [2.24, 2.45) is 10.9 Å². The van der Waals surface area contributed by atoms with Crippen LogP contribution in [0.4, 0.5) is 23.2 Å². The van der Waals surface area contributed by atoms with Crippen molar-refractivity contribution in [3.63, 3.8) is 0 Å². The van der Waals surface area contributed by atoms with Crippen LogP contribution in [0.5, 0.6) is 0 Å². The Hall–Kier alpha value is -2.75. The molecule has 0 aromatic heterocycles. The van der Waals surface area contributed by atoms with E-state index in [0.29, 0.717) is 49.0 Å². The predicted molar refractivity (Wildman–Crippen MR) is 119 cm³/mol. The molecule has 0 radical (unpaired) electrons. The van der Waals surface area contributed by atoms with E-state index in [4.69, 9.17) is 0 Å².